The van der Waals surface area contributed by atoms with Crippen LogP contribution in [0, 0.1) is 17.1 Å². The number of nitriles is 1. The van der Waals surface area contributed by atoms with Crippen LogP contribution in [0.2, 0.25) is 0 Å². The summed E-state index contributed by atoms with van der Waals surface area (Å²) in [6, 6.07) is 12.9. The summed E-state index contributed by atoms with van der Waals surface area (Å²) in [5.41, 5.74) is 6.71. The van der Waals surface area contributed by atoms with Gasteiger partial charge in [0.15, 0.2) is 11.6 Å². The van der Waals surface area contributed by atoms with Gasteiger partial charge in [-0.25, -0.2) is 4.39 Å². The zero-order valence-corrected chi connectivity index (χ0v) is 10.4. The van der Waals surface area contributed by atoms with E-state index in [-0.39, 0.29) is 11.8 Å². The lowest BCUT2D eigenvalue weighted by Crippen LogP contribution is -2.08. The first-order valence-corrected chi connectivity index (χ1v) is 5.84. The predicted octanol–water partition coefficient (Wildman–Crippen LogP) is 3.51. The average Bonchev–Trinajstić information content (AvgIpc) is 2.41. The Morgan fingerprint density at radius 3 is 2.63 bits per heavy atom. The maximum atomic E-state index is 13.9. The van der Waals surface area contributed by atoms with E-state index in [1.54, 1.807) is 43.3 Å². The van der Waals surface area contributed by atoms with E-state index in [9.17, 15) is 4.39 Å². The maximum Gasteiger partial charge on any atom is 0.167 e. The lowest BCUT2D eigenvalue weighted by atomic mass is 10.1. The van der Waals surface area contributed by atoms with E-state index in [0.29, 0.717) is 16.9 Å². The van der Waals surface area contributed by atoms with Crippen molar-refractivity contribution < 1.29 is 9.13 Å². The van der Waals surface area contributed by atoms with E-state index in [1.807, 2.05) is 6.07 Å². The number of hydrogen-bond acceptors (Lipinski definition) is 3. The van der Waals surface area contributed by atoms with Gasteiger partial charge in [-0.1, -0.05) is 24.3 Å². The first kappa shape index (κ1) is 13.1. The summed E-state index contributed by atoms with van der Waals surface area (Å²) in [5, 5.41) is 9.00. The SMILES string of the molecule is C[C@H](N)c1cccc(F)c1Oc1ccccc1C#N. The minimum Gasteiger partial charge on any atom is -0.453 e. The zero-order chi connectivity index (χ0) is 13.8. The fourth-order valence-electron chi connectivity index (χ4n) is 1.75. The summed E-state index contributed by atoms with van der Waals surface area (Å²) in [4.78, 5) is 0. The lowest BCUT2D eigenvalue weighted by molar-refractivity contribution is 0.431. The molecule has 0 saturated carbocycles. The number of benzene rings is 2. The number of ether oxygens (including phenoxy) is 1. The molecule has 0 amide bonds. The summed E-state index contributed by atoms with van der Waals surface area (Å²) in [6.45, 7) is 1.75. The van der Waals surface area contributed by atoms with Gasteiger partial charge in [0.05, 0.1) is 5.56 Å². The normalized spacial score (nSPS) is 11.7. The third kappa shape index (κ3) is 2.72. The van der Waals surface area contributed by atoms with Gasteiger partial charge in [-0.2, -0.15) is 5.26 Å². The molecule has 2 rings (SSSR count). The van der Waals surface area contributed by atoms with Crippen molar-refractivity contribution in [2.75, 3.05) is 0 Å². The molecule has 0 aromatic heterocycles. The first-order valence-electron chi connectivity index (χ1n) is 5.84. The Bertz CT molecular complexity index is 632. The predicted molar refractivity (Wildman–Crippen MR) is 70.2 cm³/mol. The van der Waals surface area contributed by atoms with E-state index >= 15 is 0 Å². The Morgan fingerprint density at radius 1 is 1.21 bits per heavy atom. The van der Waals surface area contributed by atoms with E-state index in [4.69, 9.17) is 15.7 Å². The van der Waals surface area contributed by atoms with Gasteiger partial charge in [0, 0.05) is 11.6 Å². The molecule has 0 bridgehead atoms. The standard InChI is InChI=1S/C15H13FN2O/c1-10(18)12-6-4-7-13(16)15(12)19-14-8-3-2-5-11(14)9-17/h2-8,10H,18H2,1H3/t10-/m0/s1. The molecule has 0 aliphatic heterocycles. The Morgan fingerprint density at radius 2 is 1.95 bits per heavy atom. The van der Waals surface area contributed by atoms with E-state index < -0.39 is 5.82 Å². The molecule has 0 spiro atoms. The van der Waals surface area contributed by atoms with Crippen molar-refractivity contribution in [3.8, 4) is 17.6 Å². The summed E-state index contributed by atoms with van der Waals surface area (Å²) in [6.07, 6.45) is 0. The van der Waals surface area contributed by atoms with Crippen LogP contribution in [0.4, 0.5) is 4.39 Å². The summed E-state index contributed by atoms with van der Waals surface area (Å²) < 4.78 is 19.4. The molecule has 0 aliphatic rings. The number of rotatable bonds is 3. The summed E-state index contributed by atoms with van der Waals surface area (Å²) in [7, 11) is 0. The van der Waals surface area contributed by atoms with Gasteiger partial charge in [-0.15, -0.1) is 0 Å². The quantitative estimate of drug-likeness (QED) is 0.914. The van der Waals surface area contributed by atoms with Crippen LogP contribution in [-0.4, -0.2) is 0 Å². The van der Waals surface area contributed by atoms with Gasteiger partial charge < -0.3 is 10.5 Å². The minimum atomic E-state index is -0.498. The smallest absolute Gasteiger partial charge is 0.167 e. The molecule has 96 valence electrons. The molecule has 0 radical (unpaired) electrons. The molecule has 0 saturated heterocycles. The van der Waals surface area contributed by atoms with Crippen LogP contribution in [0.25, 0.3) is 0 Å². The molecule has 2 aromatic carbocycles. The van der Waals surface area contributed by atoms with Crippen molar-refractivity contribution in [3.05, 3.63) is 59.4 Å². The Kier molecular flexibility index (Phi) is 3.79. The van der Waals surface area contributed by atoms with Crippen LogP contribution in [-0.2, 0) is 0 Å². The van der Waals surface area contributed by atoms with Gasteiger partial charge >= 0.3 is 0 Å². The van der Waals surface area contributed by atoms with E-state index in [2.05, 4.69) is 0 Å². The monoisotopic (exact) mass is 256 g/mol. The molecule has 0 aliphatic carbocycles. The topological polar surface area (TPSA) is 59.0 Å². The molecule has 0 unspecified atom stereocenters. The van der Waals surface area contributed by atoms with Crippen molar-refractivity contribution in [1.82, 2.24) is 0 Å². The number of para-hydroxylation sites is 2. The Labute approximate surface area is 111 Å². The second-order valence-corrected chi connectivity index (χ2v) is 4.16. The largest absolute Gasteiger partial charge is 0.453 e. The fourth-order valence-corrected chi connectivity index (χ4v) is 1.75. The molecule has 1 atom stereocenters. The molecule has 19 heavy (non-hydrogen) atoms. The second-order valence-electron chi connectivity index (χ2n) is 4.16. The Balaban J connectivity index is 2.47. The van der Waals surface area contributed by atoms with Crippen LogP contribution in [0.1, 0.15) is 24.1 Å². The van der Waals surface area contributed by atoms with Crippen molar-refractivity contribution in [2.45, 2.75) is 13.0 Å². The summed E-state index contributed by atoms with van der Waals surface area (Å²) >= 11 is 0. The Hall–Kier alpha value is -2.38. The lowest BCUT2D eigenvalue weighted by Gasteiger charge is -2.15. The molecular formula is C15H13FN2O. The van der Waals surface area contributed by atoms with Gasteiger partial charge in [0.1, 0.15) is 11.8 Å². The van der Waals surface area contributed by atoms with Gasteiger partial charge in [-0.05, 0) is 25.1 Å². The molecule has 2 N–H and O–H groups in total. The van der Waals surface area contributed by atoms with Crippen molar-refractivity contribution >= 4 is 0 Å². The molecule has 0 heterocycles. The average molecular weight is 256 g/mol. The van der Waals surface area contributed by atoms with E-state index in [1.165, 1.54) is 6.07 Å². The van der Waals surface area contributed by atoms with Crippen molar-refractivity contribution in [3.63, 3.8) is 0 Å². The van der Waals surface area contributed by atoms with Crippen molar-refractivity contribution in [1.29, 1.82) is 5.26 Å². The third-order valence-corrected chi connectivity index (χ3v) is 2.71. The number of halogens is 1. The van der Waals surface area contributed by atoms with Crippen LogP contribution in [0.3, 0.4) is 0 Å². The second kappa shape index (κ2) is 5.51. The highest BCUT2D eigenvalue weighted by molar-refractivity contribution is 5.47. The molecule has 4 heteroatoms. The zero-order valence-electron chi connectivity index (χ0n) is 10.4. The van der Waals surface area contributed by atoms with E-state index in [0.717, 1.165) is 0 Å². The highest BCUT2D eigenvalue weighted by Gasteiger charge is 2.15. The summed E-state index contributed by atoms with van der Waals surface area (Å²) in [5.74, 6) is -0.111. The van der Waals surface area contributed by atoms with Crippen LogP contribution >= 0.6 is 0 Å². The van der Waals surface area contributed by atoms with Crippen LogP contribution in [0.15, 0.2) is 42.5 Å². The third-order valence-electron chi connectivity index (χ3n) is 2.71. The van der Waals surface area contributed by atoms with Crippen LogP contribution in [0.5, 0.6) is 11.5 Å². The van der Waals surface area contributed by atoms with Gasteiger partial charge in [0.2, 0.25) is 0 Å². The minimum absolute atomic E-state index is 0.0696. The van der Waals surface area contributed by atoms with Gasteiger partial charge in [0.25, 0.3) is 0 Å². The number of nitrogens with two attached hydrogens (primary N) is 1. The molecular weight excluding hydrogens is 243 g/mol. The highest BCUT2D eigenvalue weighted by atomic mass is 19.1. The fraction of sp³-hybridized carbons (Fsp3) is 0.133. The highest BCUT2D eigenvalue weighted by Crippen LogP contribution is 2.32. The molecule has 2 aromatic rings. The number of nitrogens with zero attached hydrogens (tertiary/aromatic N) is 1. The molecule has 3 nitrogen and oxygen atoms in total. The number of hydrogen-bond donors (Lipinski definition) is 1. The van der Waals surface area contributed by atoms with Gasteiger partial charge in [-0.3, -0.25) is 0 Å². The first-order chi connectivity index (χ1) is 9.13. The van der Waals surface area contributed by atoms with Crippen LogP contribution < -0.4 is 10.5 Å². The molecule has 0 fully saturated rings. The maximum absolute atomic E-state index is 13.9. The van der Waals surface area contributed by atoms with Crippen molar-refractivity contribution in [2.24, 2.45) is 5.73 Å².